The maximum atomic E-state index is 11.0. The SMILES string of the molecule is NCS(=O)(=O)Cc1ccccc1. The Kier molecular flexibility index (Phi) is 2.83. The van der Waals surface area contributed by atoms with E-state index >= 15 is 0 Å². The Morgan fingerprint density at radius 3 is 2.25 bits per heavy atom. The second-order valence-corrected chi connectivity index (χ2v) is 4.65. The van der Waals surface area contributed by atoms with Crippen molar-refractivity contribution in [3.63, 3.8) is 0 Å². The topological polar surface area (TPSA) is 60.2 Å². The standard InChI is InChI=1S/C8H11NO2S/c9-7-12(10,11)6-8-4-2-1-3-5-8/h1-5H,6-7,9H2. The summed E-state index contributed by atoms with van der Waals surface area (Å²) in [7, 11) is -3.09. The summed E-state index contributed by atoms with van der Waals surface area (Å²) < 4.78 is 22.1. The van der Waals surface area contributed by atoms with E-state index in [1.807, 2.05) is 6.07 Å². The molecule has 0 spiro atoms. The molecule has 0 aromatic heterocycles. The summed E-state index contributed by atoms with van der Waals surface area (Å²) in [5.41, 5.74) is 5.85. The van der Waals surface area contributed by atoms with Gasteiger partial charge in [-0.1, -0.05) is 30.3 Å². The van der Waals surface area contributed by atoms with Crippen LogP contribution in [0.1, 0.15) is 5.56 Å². The van der Waals surface area contributed by atoms with Crippen molar-refractivity contribution in [2.24, 2.45) is 5.73 Å². The molecule has 12 heavy (non-hydrogen) atoms. The molecule has 2 N–H and O–H groups in total. The van der Waals surface area contributed by atoms with Crippen LogP contribution in [0.25, 0.3) is 0 Å². The minimum absolute atomic E-state index is 0.0321. The van der Waals surface area contributed by atoms with E-state index < -0.39 is 9.84 Å². The van der Waals surface area contributed by atoms with Crippen LogP contribution in [-0.4, -0.2) is 14.3 Å². The second kappa shape index (κ2) is 3.69. The van der Waals surface area contributed by atoms with Gasteiger partial charge in [0.05, 0.1) is 11.6 Å². The summed E-state index contributed by atoms with van der Waals surface area (Å²) >= 11 is 0. The molecular formula is C8H11NO2S. The van der Waals surface area contributed by atoms with Gasteiger partial charge in [-0.2, -0.15) is 0 Å². The van der Waals surface area contributed by atoms with Crippen LogP contribution >= 0.6 is 0 Å². The Bertz CT molecular complexity index is 331. The molecule has 1 rings (SSSR count). The lowest BCUT2D eigenvalue weighted by Crippen LogP contribution is -2.16. The summed E-state index contributed by atoms with van der Waals surface area (Å²) in [5.74, 6) is -0.258. The molecule has 0 heterocycles. The van der Waals surface area contributed by atoms with Gasteiger partial charge in [0.25, 0.3) is 0 Å². The molecule has 0 fully saturated rings. The molecule has 1 aromatic carbocycles. The van der Waals surface area contributed by atoms with Gasteiger partial charge in [0.15, 0.2) is 9.84 Å². The van der Waals surface area contributed by atoms with E-state index in [2.05, 4.69) is 0 Å². The molecule has 0 atom stereocenters. The highest BCUT2D eigenvalue weighted by molar-refractivity contribution is 7.90. The first kappa shape index (κ1) is 9.22. The summed E-state index contributed by atoms with van der Waals surface area (Å²) in [6.07, 6.45) is 0. The number of sulfone groups is 1. The number of hydrogen-bond acceptors (Lipinski definition) is 3. The molecule has 0 bridgehead atoms. The third-order valence-corrected chi connectivity index (χ3v) is 2.76. The number of hydrogen-bond donors (Lipinski definition) is 1. The summed E-state index contributed by atoms with van der Waals surface area (Å²) in [5, 5.41) is 0. The first-order valence-corrected chi connectivity index (χ1v) is 5.40. The fraction of sp³-hybridized carbons (Fsp3) is 0.250. The van der Waals surface area contributed by atoms with Crippen LogP contribution in [-0.2, 0) is 15.6 Å². The van der Waals surface area contributed by atoms with Crippen LogP contribution in [0.2, 0.25) is 0 Å². The zero-order valence-corrected chi connectivity index (χ0v) is 7.42. The quantitative estimate of drug-likeness (QED) is 0.746. The molecule has 0 amide bonds. The lowest BCUT2D eigenvalue weighted by molar-refractivity contribution is 0.595. The van der Waals surface area contributed by atoms with Gasteiger partial charge in [0.1, 0.15) is 0 Å². The highest BCUT2D eigenvalue weighted by Gasteiger charge is 2.07. The van der Waals surface area contributed by atoms with Crippen molar-refractivity contribution in [1.29, 1.82) is 0 Å². The van der Waals surface area contributed by atoms with Gasteiger partial charge in [0.2, 0.25) is 0 Å². The number of rotatable bonds is 3. The minimum Gasteiger partial charge on any atom is -0.318 e. The molecule has 1 aromatic rings. The van der Waals surface area contributed by atoms with E-state index in [-0.39, 0.29) is 11.6 Å². The molecule has 4 heteroatoms. The van der Waals surface area contributed by atoms with Crippen LogP contribution < -0.4 is 5.73 Å². The van der Waals surface area contributed by atoms with Crippen LogP contribution in [0.4, 0.5) is 0 Å². The lowest BCUT2D eigenvalue weighted by Gasteiger charge is -1.99. The smallest absolute Gasteiger partial charge is 0.167 e. The van der Waals surface area contributed by atoms with E-state index in [9.17, 15) is 8.42 Å². The van der Waals surface area contributed by atoms with Crippen molar-refractivity contribution in [2.75, 3.05) is 5.88 Å². The third-order valence-electron chi connectivity index (χ3n) is 1.48. The van der Waals surface area contributed by atoms with Gasteiger partial charge < -0.3 is 5.73 Å². The van der Waals surface area contributed by atoms with Gasteiger partial charge in [-0.3, -0.25) is 0 Å². The van der Waals surface area contributed by atoms with Crippen LogP contribution in [0.3, 0.4) is 0 Å². The predicted molar refractivity (Wildman–Crippen MR) is 48.1 cm³/mol. The molecule has 66 valence electrons. The molecule has 0 aliphatic carbocycles. The molecule has 0 aliphatic heterocycles. The number of benzene rings is 1. The van der Waals surface area contributed by atoms with Crippen LogP contribution in [0, 0.1) is 0 Å². The first-order valence-electron chi connectivity index (χ1n) is 3.58. The maximum absolute atomic E-state index is 11.0. The largest absolute Gasteiger partial charge is 0.318 e. The van der Waals surface area contributed by atoms with Gasteiger partial charge in [-0.05, 0) is 5.56 Å². The van der Waals surface area contributed by atoms with Crippen molar-refractivity contribution in [3.8, 4) is 0 Å². The van der Waals surface area contributed by atoms with Crippen molar-refractivity contribution in [1.82, 2.24) is 0 Å². The van der Waals surface area contributed by atoms with E-state index in [0.29, 0.717) is 0 Å². The Hall–Kier alpha value is -0.870. The maximum Gasteiger partial charge on any atom is 0.167 e. The number of nitrogens with two attached hydrogens (primary N) is 1. The predicted octanol–water partition coefficient (Wildman–Crippen LogP) is 0.518. The van der Waals surface area contributed by atoms with Crippen molar-refractivity contribution >= 4 is 9.84 Å². The van der Waals surface area contributed by atoms with Crippen molar-refractivity contribution in [3.05, 3.63) is 35.9 Å². The van der Waals surface area contributed by atoms with E-state index in [1.165, 1.54) is 0 Å². The van der Waals surface area contributed by atoms with Gasteiger partial charge in [-0.15, -0.1) is 0 Å². The zero-order chi connectivity index (χ0) is 9.03. The summed E-state index contributed by atoms with van der Waals surface area (Å²) in [6.45, 7) is 0. The van der Waals surface area contributed by atoms with Crippen LogP contribution in [0.5, 0.6) is 0 Å². The van der Waals surface area contributed by atoms with Crippen LogP contribution in [0.15, 0.2) is 30.3 Å². The first-order chi connectivity index (χ1) is 5.64. The van der Waals surface area contributed by atoms with Crippen molar-refractivity contribution in [2.45, 2.75) is 5.75 Å². The Morgan fingerprint density at radius 2 is 1.75 bits per heavy atom. The average molecular weight is 185 g/mol. The fourth-order valence-corrected chi connectivity index (χ4v) is 1.71. The highest BCUT2D eigenvalue weighted by atomic mass is 32.2. The molecule has 0 aliphatic rings. The average Bonchev–Trinajstić information content (AvgIpc) is 2.06. The normalized spacial score (nSPS) is 11.4. The lowest BCUT2D eigenvalue weighted by atomic mass is 10.2. The Labute approximate surface area is 72.1 Å². The van der Waals surface area contributed by atoms with Gasteiger partial charge in [0, 0.05) is 0 Å². The van der Waals surface area contributed by atoms with Crippen molar-refractivity contribution < 1.29 is 8.42 Å². The molecule has 0 saturated heterocycles. The van der Waals surface area contributed by atoms with E-state index in [4.69, 9.17) is 5.73 Å². The zero-order valence-electron chi connectivity index (χ0n) is 6.60. The van der Waals surface area contributed by atoms with E-state index in [1.54, 1.807) is 24.3 Å². The summed E-state index contributed by atoms with van der Waals surface area (Å²) in [6, 6.07) is 9.00. The third kappa shape index (κ3) is 2.64. The van der Waals surface area contributed by atoms with Gasteiger partial charge in [-0.25, -0.2) is 8.42 Å². The molecular weight excluding hydrogens is 174 g/mol. The monoisotopic (exact) mass is 185 g/mol. The highest BCUT2D eigenvalue weighted by Crippen LogP contribution is 2.04. The van der Waals surface area contributed by atoms with E-state index in [0.717, 1.165) is 5.56 Å². The second-order valence-electron chi connectivity index (χ2n) is 2.54. The van der Waals surface area contributed by atoms with Gasteiger partial charge >= 0.3 is 0 Å². The molecule has 0 unspecified atom stereocenters. The molecule has 0 radical (unpaired) electrons. The minimum atomic E-state index is -3.09. The summed E-state index contributed by atoms with van der Waals surface area (Å²) in [4.78, 5) is 0. The fourth-order valence-electron chi connectivity index (χ4n) is 0.887. The molecule has 0 saturated carbocycles. The Morgan fingerprint density at radius 1 is 1.17 bits per heavy atom. The Balaban J connectivity index is 2.78. The molecule has 3 nitrogen and oxygen atoms in total.